The summed E-state index contributed by atoms with van der Waals surface area (Å²) in [6, 6.07) is 7.57. The lowest BCUT2D eigenvalue weighted by molar-refractivity contribution is -0.122. The maximum Gasteiger partial charge on any atom is 0.228 e. The summed E-state index contributed by atoms with van der Waals surface area (Å²) < 4.78 is -0.544. The predicted octanol–water partition coefficient (Wildman–Crippen LogP) is 4.56. The van der Waals surface area contributed by atoms with E-state index in [2.05, 4.69) is 33.2 Å². The van der Waals surface area contributed by atoms with Crippen LogP contribution in [0.3, 0.4) is 0 Å². The number of carbonyl (C=O) groups excluding carboxylic acids is 1. The second-order valence-corrected chi connectivity index (χ2v) is 8.41. The third kappa shape index (κ3) is 6.70. The van der Waals surface area contributed by atoms with E-state index < -0.39 is 9.96 Å². The molecule has 0 saturated heterocycles. The molecule has 0 spiro atoms. The van der Waals surface area contributed by atoms with Gasteiger partial charge in [0.2, 0.25) is 9.70 Å². The lowest BCUT2D eigenvalue weighted by Crippen LogP contribution is -2.49. The van der Waals surface area contributed by atoms with Crippen LogP contribution in [0.5, 0.6) is 0 Å². The van der Waals surface area contributed by atoms with E-state index >= 15 is 0 Å². The van der Waals surface area contributed by atoms with Crippen LogP contribution in [0.1, 0.15) is 20.3 Å². The van der Waals surface area contributed by atoms with Crippen LogP contribution in [0.15, 0.2) is 24.3 Å². The van der Waals surface area contributed by atoms with Gasteiger partial charge in [-0.2, -0.15) is 0 Å². The largest absolute Gasteiger partial charge is 0.362 e. The molecule has 0 aromatic heterocycles. The number of nitrogens with one attached hydrogen (secondary N) is 2. The van der Waals surface area contributed by atoms with Gasteiger partial charge >= 0.3 is 0 Å². The minimum atomic E-state index is -1.64. The molecule has 7 heteroatoms. The number of hydrogen-bond acceptors (Lipinski definition) is 2. The maximum absolute atomic E-state index is 11.8. The molecule has 1 aromatic carbocycles. The summed E-state index contributed by atoms with van der Waals surface area (Å²) in [4.78, 5) is 11.8. The Morgan fingerprint density at radius 3 is 2.25 bits per heavy atom. The second-order valence-electron chi connectivity index (χ2n) is 4.79. The van der Waals surface area contributed by atoms with Crippen LogP contribution in [0.4, 0.5) is 5.69 Å². The molecule has 1 rings (SSSR count). The Hall–Kier alpha value is 0.0900. The first-order valence-electron chi connectivity index (χ1n) is 6.06. The van der Waals surface area contributed by atoms with E-state index in [-0.39, 0.29) is 11.8 Å². The van der Waals surface area contributed by atoms with Gasteiger partial charge < -0.3 is 10.6 Å². The van der Waals surface area contributed by atoms with Gasteiger partial charge in [0.15, 0.2) is 0 Å². The maximum atomic E-state index is 11.8. The minimum Gasteiger partial charge on any atom is -0.362 e. The molecular weight excluding hydrogens is 433 g/mol. The molecule has 0 aliphatic heterocycles. The quantitative estimate of drug-likeness (QED) is 0.393. The first kappa shape index (κ1) is 18.1. The molecule has 0 saturated carbocycles. The molecule has 1 amide bonds. The topological polar surface area (TPSA) is 41.1 Å². The minimum absolute atomic E-state index is 0.158. The average Bonchev–Trinajstić information content (AvgIpc) is 2.28. The third-order valence-corrected chi connectivity index (χ3v) is 3.76. The number of rotatable bonds is 5. The monoisotopic (exact) mass is 448 g/mol. The van der Waals surface area contributed by atoms with Crippen molar-refractivity contribution in [2.45, 2.75) is 30.2 Å². The number of halogens is 4. The van der Waals surface area contributed by atoms with Crippen LogP contribution in [0.2, 0.25) is 0 Å². The predicted molar refractivity (Wildman–Crippen MR) is 94.5 cm³/mol. The molecule has 112 valence electrons. The second kappa shape index (κ2) is 7.92. The Bertz CT molecular complexity index is 446. The van der Waals surface area contributed by atoms with Gasteiger partial charge in [0.25, 0.3) is 0 Å². The van der Waals surface area contributed by atoms with Crippen LogP contribution in [-0.2, 0) is 4.79 Å². The third-order valence-electron chi connectivity index (χ3n) is 2.38. The SMILES string of the molecule is CC(C)CC(=O)NC(Nc1ccc(I)cc1)C(Cl)(Cl)Cl. The summed E-state index contributed by atoms with van der Waals surface area (Å²) in [6.07, 6.45) is -0.412. The molecule has 0 aliphatic rings. The van der Waals surface area contributed by atoms with Crippen LogP contribution in [-0.4, -0.2) is 15.9 Å². The smallest absolute Gasteiger partial charge is 0.228 e. The highest BCUT2D eigenvalue weighted by Crippen LogP contribution is 2.31. The van der Waals surface area contributed by atoms with Gasteiger partial charge in [-0.15, -0.1) is 0 Å². The molecule has 0 radical (unpaired) electrons. The van der Waals surface area contributed by atoms with Gasteiger partial charge in [-0.3, -0.25) is 4.79 Å². The van der Waals surface area contributed by atoms with Gasteiger partial charge in [0.1, 0.15) is 6.17 Å². The van der Waals surface area contributed by atoms with Crippen LogP contribution < -0.4 is 10.6 Å². The van der Waals surface area contributed by atoms with E-state index in [0.29, 0.717) is 6.42 Å². The van der Waals surface area contributed by atoms with E-state index in [1.165, 1.54) is 0 Å². The Labute approximate surface area is 147 Å². The lowest BCUT2D eigenvalue weighted by Gasteiger charge is -2.27. The van der Waals surface area contributed by atoms with E-state index in [1.807, 2.05) is 38.1 Å². The van der Waals surface area contributed by atoms with Crippen molar-refractivity contribution in [3.63, 3.8) is 0 Å². The number of benzene rings is 1. The van der Waals surface area contributed by atoms with Crippen molar-refractivity contribution in [1.82, 2.24) is 5.32 Å². The van der Waals surface area contributed by atoms with Crippen molar-refractivity contribution in [2.24, 2.45) is 5.92 Å². The first-order valence-corrected chi connectivity index (χ1v) is 8.28. The van der Waals surface area contributed by atoms with Gasteiger partial charge in [-0.25, -0.2) is 0 Å². The fraction of sp³-hybridized carbons (Fsp3) is 0.462. The Morgan fingerprint density at radius 2 is 1.80 bits per heavy atom. The van der Waals surface area contributed by atoms with Crippen molar-refractivity contribution in [3.8, 4) is 0 Å². The summed E-state index contributed by atoms with van der Waals surface area (Å²) in [5, 5.41) is 5.72. The van der Waals surface area contributed by atoms with E-state index in [9.17, 15) is 4.79 Å². The van der Waals surface area contributed by atoms with Gasteiger partial charge in [-0.1, -0.05) is 48.7 Å². The van der Waals surface area contributed by atoms with Gasteiger partial charge in [0.05, 0.1) is 0 Å². The fourth-order valence-corrected chi connectivity index (χ4v) is 2.19. The van der Waals surface area contributed by atoms with E-state index in [1.54, 1.807) is 0 Å². The number of carbonyl (C=O) groups is 1. The molecule has 1 aromatic rings. The van der Waals surface area contributed by atoms with E-state index in [0.717, 1.165) is 9.26 Å². The lowest BCUT2D eigenvalue weighted by atomic mass is 10.1. The average molecular weight is 450 g/mol. The molecular formula is C13H16Cl3IN2O. The highest BCUT2D eigenvalue weighted by Gasteiger charge is 2.34. The Morgan fingerprint density at radius 1 is 1.25 bits per heavy atom. The van der Waals surface area contributed by atoms with Crippen molar-refractivity contribution in [2.75, 3.05) is 5.32 Å². The number of amides is 1. The van der Waals surface area contributed by atoms with Gasteiger partial charge in [0, 0.05) is 15.7 Å². The highest BCUT2D eigenvalue weighted by molar-refractivity contribution is 14.1. The summed E-state index contributed by atoms with van der Waals surface area (Å²) >= 11 is 19.9. The number of anilines is 1. The van der Waals surface area contributed by atoms with Crippen LogP contribution in [0.25, 0.3) is 0 Å². The molecule has 0 aliphatic carbocycles. The normalized spacial score (nSPS) is 13.2. The number of alkyl halides is 3. The first-order chi connectivity index (χ1) is 9.18. The van der Waals surface area contributed by atoms with Crippen LogP contribution >= 0.6 is 57.4 Å². The van der Waals surface area contributed by atoms with Gasteiger partial charge in [-0.05, 0) is 52.8 Å². The Kier molecular flexibility index (Phi) is 7.18. The molecule has 0 heterocycles. The van der Waals surface area contributed by atoms with Crippen molar-refractivity contribution in [3.05, 3.63) is 27.8 Å². The summed E-state index contributed by atoms with van der Waals surface area (Å²) in [5.74, 6) is 0.0821. The van der Waals surface area contributed by atoms with Crippen molar-refractivity contribution >= 4 is 69.0 Å². The number of hydrogen-bond donors (Lipinski definition) is 2. The zero-order valence-electron chi connectivity index (χ0n) is 11.1. The molecule has 3 nitrogen and oxygen atoms in total. The Balaban J connectivity index is 2.75. The van der Waals surface area contributed by atoms with Crippen LogP contribution in [0, 0.1) is 9.49 Å². The summed E-state index contributed by atoms with van der Waals surface area (Å²) in [7, 11) is 0. The zero-order valence-corrected chi connectivity index (χ0v) is 15.5. The fourth-order valence-electron chi connectivity index (χ4n) is 1.50. The highest BCUT2D eigenvalue weighted by atomic mass is 127. The molecule has 0 bridgehead atoms. The zero-order chi connectivity index (χ0) is 15.3. The standard InChI is InChI=1S/C13H16Cl3IN2O/c1-8(2)7-11(20)19-12(13(14,15)16)18-10-5-3-9(17)4-6-10/h3-6,8,12,18H,7H2,1-2H3,(H,19,20). The molecule has 20 heavy (non-hydrogen) atoms. The molecule has 1 unspecified atom stereocenters. The molecule has 1 atom stereocenters. The van der Waals surface area contributed by atoms with E-state index in [4.69, 9.17) is 34.8 Å². The molecule has 0 fully saturated rings. The summed E-state index contributed by atoms with van der Waals surface area (Å²) in [5.41, 5.74) is 0.770. The summed E-state index contributed by atoms with van der Waals surface area (Å²) in [6.45, 7) is 3.91. The molecule has 2 N–H and O–H groups in total. The van der Waals surface area contributed by atoms with Crippen molar-refractivity contribution in [1.29, 1.82) is 0 Å². The van der Waals surface area contributed by atoms with Crippen molar-refractivity contribution < 1.29 is 4.79 Å².